The molecule has 0 fully saturated rings. The molecule has 0 heterocycles. The molecule has 1 aromatic rings. The minimum absolute atomic E-state index is 0.886. The van der Waals surface area contributed by atoms with E-state index in [0.29, 0.717) is 0 Å². The lowest BCUT2D eigenvalue weighted by Gasteiger charge is -2.09. The van der Waals surface area contributed by atoms with Crippen molar-refractivity contribution in [2.75, 3.05) is 0 Å². The van der Waals surface area contributed by atoms with Crippen LogP contribution in [0.25, 0.3) is 5.70 Å². The highest BCUT2D eigenvalue weighted by Crippen LogP contribution is 2.22. The molecule has 0 saturated heterocycles. The Bertz CT molecular complexity index is 584. The Morgan fingerprint density at radius 1 is 1.14 bits per heavy atom. The van der Waals surface area contributed by atoms with Crippen molar-refractivity contribution >= 4 is 11.4 Å². The number of nitrogens with zero attached hydrogens (tertiary/aromatic N) is 1. The third-order valence-corrected chi connectivity index (χ3v) is 3.14. The fraction of sp³-hybridized carbons (Fsp3) is 0.250. The molecule has 0 aromatic heterocycles. The average Bonchev–Trinajstić information content (AvgIpc) is 2.49. The summed E-state index contributed by atoms with van der Waals surface area (Å²) in [6, 6.07) is 10.3. The van der Waals surface area contributed by atoms with Crippen molar-refractivity contribution < 1.29 is 0 Å². The van der Waals surface area contributed by atoms with Gasteiger partial charge in [-0.2, -0.15) is 0 Å². The molecule has 0 bridgehead atoms. The zero-order valence-electron chi connectivity index (χ0n) is 13.6. The first-order chi connectivity index (χ1) is 10.1. The van der Waals surface area contributed by atoms with Crippen LogP contribution in [0, 0.1) is 0 Å². The maximum atomic E-state index is 4.86. The summed E-state index contributed by atoms with van der Waals surface area (Å²) in [5, 5.41) is 0. The number of hydrogen-bond donors (Lipinski definition) is 0. The highest BCUT2D eigenvalue weighted by Gasteiger charge is 2.05. The van der Waals surface area contributed by atoms with Crippen LogP contribution < -0.4 is 0 Å². The number of aliphatic imine (C=N–C) groups is 1. The molecule has 0 aliphatic carbocycles. The molecule has 110 valence electrons. The summed E-state index contributed by atoms with van der Waals surface area (Å²) in [6.45, 7) is 12.3. The Balaban J connectivity index is 3.37. The second-order valence-electron chi connectivity index (χ2n) is 4.97. The quantitative estimate of drug-likeness (QED) is 0.449. The lowest BCUT2D eigenvalue weighted by Crippen LogP contribution is -1.98. The summed E-state index contributed by atoms with van der Waals surface area (Å²) in [4.78, 5) is 4.86. The summed E-state index contributed by atoms with van der Waals surface area (Å²) in [6.07, 6.45) is 9.06. The summed E-state index contributed by atoms with van der Waals surface area (Å²) in [5.74, 6) is 0. The Morgan fingerprint density at radius 3 is 2.33 bits per heavy atom. The minimum Gasteiger partial charge on any atom is -0.252 e. The molecule has 0 saturated carbocycles. The van der Waals surface area contributed by atoms with Crippen LogP contribution in [-0.4, -0.2) is 5.71 Å². The van der Waals surface area contributed by atoms with E-state index >= 15 is 0 Å². The number of rotatable bonds is 6. The monoisotopic (exact) mass is 279 g/mol. The maximum absolute atomic E-state index is 4.86. The normalized spacial score (nSPS) is 13.8. The van der Waals surface area contributed by atoms with Gasteiger partial charge >= 0.3 is 0 Å². The largest absolute Gasteiger partial charge is 0.252 e. The van der Waals surface area contributed by atoms with E-state index in [2.05, 4.69) is 38.6 Å². The molecule has 1 nitrogen and oxygen atoms in total. The Kier molecular flexibility index (Phi) is 7.17. The third-order valence-electron chi connectivity index (χ3n) is 3.14. The maximum Gasteiger partial charge on any atom is 0.0734 e. The van der Waals surface area contributed by atoms with Gasteiger partial charge in [0, 0.05) is 11.3 Å². The van der Waals surface area contributed by atoms with Crippen molar-refractivity contribution in [1.29, 1.82) is 0 Å². The molecule has 1 rings (SSSR count). The molecule has 0 aliphatic heterocycles. The summed E-state index contributed by atoms with van der Waals surface area (Å²) < 4.78 is 0. The van der Waals surface area contributed by atoms with Crippen LogP contribution in [-0.2, 0) is 0 Å². The van der Waals surface area contributed by atoms with Gasteiger partial charge in [-0.15, -0.1) is 0 Å². The SMILES string of the molecule is C=C(C)C(CC)=N/C(=C(C)/C=C\C=C/C)c1ccccc1. The van der Waals surface area contributed by atoms with Gasteiger partial charge in [-0.3, -0.25) is 4.99 Å². The summed E-state index contributed by atoms with van der Waals surface area (Å²) in [5.41, 5.74) is 5.36. The van der Waals surface area contributed by atoms with Crippen LogP contribution in [0.2, 0.25) is 0 Å². The summed E-state index contributed by atoms with van der Waals surface area (Å²) in [7, 11) is 0. The molecule has 0 spiro atoms. The molecule has 1 heteroatoms. The van der Waals surface area contributed by atoms with Gasteiger partial charge in [-0.05, 0) is 38.3 Å². The second kappa shape index (κ2) is 8.91. The van der Waals surface area contributed by atoms with Crippen molar-refractivity contribution in [3.8, 4) is 0 Å². The lowest BCUT2D eigenvalue weighted by atomic mass is 10.1. The predicted octanol–water partition coefficient (Wildman–Crippen LogP) is 5.98. The van der Waals surface area contributed by atoms with E-state index in [0.717, 1.165) is 34.5 Å². The van der Waals surface area contributed by atoms with Gasteiger partial charge in [0.1, 0.15) is 0 Å². The number of hydrogen-bond acceptors (Lipinski definition) is 1. The highest BCUT2D eigenvalue weighted by atomic mass is 14.8. The van der Waals surface area contributed by atoms with Gasteiger partial charge < -0.3 is 0 Å². The molecule has 1 aromatic carbocycles. The van der Waals surface area contributed by atoms with Crippen LogP contribution in [0.4, 0.5) is 0 Å². The Labute approximate surface area is 129 Å². The fourth-order valence-corrected chi connectivity index (χ4v) is 1.98. The molecule has 0 unspecified atom stereocenters. The lowest BCUT2D eigenvalue weighted by molar-refractivity contribution is 1.25. The zero-order chi connectivity index (χ0) is 15.7. The molecule has 0 amide bonds. The second-order valence-corrected chi connectivity index (χ2v) is 4.97. The molecular formula is C20H25N. The smallest absolute Gasteiger partial charge is 0.0734 e. The molecule has 21 heavy (non-hydrogen) atoms. The van der Waals surface area contributed by atoms with Crippen LogP contribution in [0.15, 0.2) is 77.4 Å². The van der Waals surface area contributed by atoms with Gasteiger partial charge in [-0.1, -0.05) is 68.1 Å². The van der Waals surface area contributed by atoms with Crippen molar-refractivity contribution in [3.63, 3.8) is 0 Å². The van der Waals surface area contributed by atoms with E-state index in [1.807, 2.05) is 50.3 Å². The van der Waals surface area contributed by atoms with E-state index in [1.165, 1.54) is 0 Å². The zero-order valence-corrected chi connectivity index (χ0v) is 13.6. The van der Waals surface area contributed by atoms with Gasteiger partial charge in [-0.25, -0.2) is 0 Å². The summed E-state index contributed by atoms with van der Waals surface area (Å²) >= 11 is 0. The first-order valence-electron chi connectivity index (χ1n) is 7.39. The van der Waals surface area contributed by atoms with E-state index in [4.69, 9.17) is 4.99 Å². The van der Waals surface area contributed by atoms with Crippen molar-refractivity contribution in [2.45, 2.75) is 34.1 Å². The van der Waals surface area contributed by atoms with Crippen LogP contribution in [0.5, 0.6) is 0 Å². The van der Waals surface area contributed by atoms with E-state index in [1.54, 1.807) is 0 Å². The van der Waals surface area contributed by atoms with Gasteiger partial charge in [0.25, 0.3) is 0 Å². The Morgan fingerprint density at radius 2 is 1.81 bits per heavy atom. The van der Waals surface area contributed by atoms with Crippen LogP contribution in [0.3, 0.4) is 0 Å². The first kappa shape index (κ1) is 16.9. The molecule has 0 aliphatic rings. The average molecular weight is 279 g/mol. The van der Waals surface area contributed by atoms with Crippen LogP contribution in [0.1, 0.15) is 39.7 Å². The van der Waals surface area contributed by atoms with Gasteiger partial charge in [0.05, 0.1) is 5.70 Å². The predicted molar refractivity (Wildman–Crippen MR) is 95.5 cm³/mol. The van der Waals surface area contributed by atoms with Crippen molar-refractivity contribution in [2.24, 2.45) is 4.99 Å². The number of allylic oxidation sites excluding steroid dienone is 6. The van der Waals surface area contributed by atoms with E-state index in [9.17, 15) is 0 Å². The van der Waals surface area contributed by atoms with E-state index in [-0.39, 0.29) is 0 Å². The standard InChI is InChI=1S/C20H25N/c1-6-8-10-13-17(5)20(18-14-11-9-12-15-18)21-19(7-2)16(3)4/h6,8-15H,3,7H2,1-2,4-5H3/b8-6-,13-10-,20-17+,21-19?. The topological polar surface area (TPSA) is 12.4 Å². The van der Waals surface area contributed by atoms with Crippen LogP contribution >= 0.6 is 0 Å². The highest BCUT2D eigenvalue weighted by molar-refractivity contribution is 6.02. The van der Waals surface area contributed by atoms with Gasteiger partial charge in [0.15, 0.2) is 0 Å². The fourth-order valence-electron chi connectivity index (χ4n) is 1.98. The van der Waals surface area contributed by atoms with Crippen molar-refractivity contribution in [1.82, 2.24) is 0 Å². The number of benzene rings is 1. The Hall–Kier alpha value is -2.15. The molecular weight excluding hydrogens is 254 g/mol. The van der Waals surface area contributed by atoms with Crippen molar-refractivity contribution in [3.05, 3.63) is 77.9 Å². The molecule has 0 radical (unpaired) electrons. The van der Waals surface area contributed by atoms with E-state index < -0.39 is 0 Å². The first-order valence-corrected chi connectivity index (χ1v) is 7.39. The minimum atomic E-state index is 0.886. The third kappa shape index (κ3) is 5.39. The molecule has 0 atom stereocenters. The van der Waals surface area contributed by atoms with Gasteiger partial charge in [0.2, 0.25) is 0 Å². The molecule has 0 N–H and O–H groups in total.